The Morgan fingerprint density at radius 1 is 1.39 bits per heavy atom. The highest BCUT2D eigenvalue weighted by Gasteiger charge is 2.33. The van der Waals surface area contributed by atoms with E-state index in [2.05, 4.69) is 5.32 Å². The van der Waals surface area contributed by atoms with Crippen molar-refractivity contribution < 1.29 is 14.1 Å². The van der Waals surface area contributed by atoms with Gasteiger partial charge in [-0.3, -0.25) is 19.8 Å². The summed E-state index contributed by atoms with van der Waals surface area (Å²) in [4.78, 5) is 25.4. The van der Waals surface area contributed by atoms with Gasteiger partial charge in [-0.1, -0.05) is 12.1 Å². The Labute approximate surface area is 135 Å². The highest BCUT2D eigenvalue weighted by molar-refractivity contribution is 7.10. The number of hydrogen-bond acceptors (Lipinski definition) is 5. The van der Waals surface area contributed by atoms with Gasteiger partial charge in [0.2, 0.25) is 5.91 Å². The van der Waals surface area contributed by atoms with E-state index < -0.39 is 16.8 Å². The van der Waals surface area contributed by atoms with Gasteiger partial charge >= 0.3 is 0 Å². The highest BCUT2D eigenvalue weighted by Crippen LogP contribution is 2.31. The molecule has 0 bridgehead atoms. The molecule has 0 radical (unpaired) electrons. The zero-order valence-corrected chi connectivity index (χ0v) is 12.9. The van der Waals surface area contributed by atoms with E-state index in [-0.39, 0.29) is 23.7 Å². The third-order valence-electron chi connectivity index (χ3n) is 3.78. The van der Waals surface area contributed by atoms with Crippen LogP contribution in [0, 0.1) is 15.9 Å². The summed E-state index contributed by atoms with van der Waals surface area (Å²) in [5.41, 5.74) is -0.255. The van der Waals surface area contributed by atoms with E-state index in [0.29, 0.717) is 13.1 Å². The molecular weight excluding hydrogens is 321 g/mol. The van der Waals surface area contributed by atoms with Crippen molar-refractivity contribution in [1.29, 1.82) is 0 Å². The minimum atomic E-state index is -0.630. The Morgan fingerprint density at radius 2 is 2.22 bits per heavy atom. The first-order chi connectivity index (χ1) is 11.1. The maximum atomic E-state index is 14.1. The molecular formula is C15H14FN3O3S. The molecule has 3 rings (SSSR count). The molecule has 1 atom stereocenters. The fourth-order valence-corrected chi connectivity index (χ4v) is 3.58. The predicted octanol–water partition coefficient (Wildman–Crippen LogP) is 2.47. The molecule has 0 spiro atoms. The van der Waals surface area contributed by atoms with E-state index in [9.17, 15) is 19.3 Å². The van der Waals surface area contributed by atoms with Crippen molar-refractivity contribution in [2.45, 2.75) is 12.6 Å². The van der Waals surface area contributed by atoms with Crippen molar-refractivity contribution in [3.8, 4) is 0 Å². The van der Waals surface area contributed by atoms with Crippen molar-refractivity contribution >= 4 is 22.9 Å². The second-order valence-corrected chi connectivity index (χ2v) is 6.15. The summed E-state index contributed by atoms with van der Waals surface area (Å²) in [5, 5.41) is 15.8. The van der Waals surface area contributed by atoms with Gasteiger partial charge in [0.1, 0.15) is 11.9 Å². The average Bonchev–Trinajstić information content (AvgIpc) is 3.03. The summed E-state index contributed by atoms with van der Waals surface area (Å²) < 4.78 is 14.1. The fourth-order valence-electron chi connectivity index (χ4n) is 2.72. The highest BCUT2D eigenvalue weighted by atomic mass is 32.1. The summed E-state index contributed by atoms with van der Waals surface area (Å²) >= 11 is 1.43. The van der Waals surface area contributed by atoms with Gasteiger partial charge < -0.3 is 5.32 Å². The molecule has 2 heterocycles. The molecule has 2 aromatic rings. The molecule has 6 nitrogen and oxygen atoms in total. The van der Waals surface area contributed by atoms with Crippen LogP contribution in [0.15, 0.2) is 35.7 Å². The Bertz CT molecular complexity index is 736. The number of thiophene rings is 1. The van der Waals surface area contributed by atoms with E-state index in [0.717, 1.165) is 4.88 Å². The lowest BCUT2D eigenvalue weighted by molar-refractivity contribution is -0.386. The van der Waals surface area contributed by atoms with Gasteiger partial charge in [-0.05, 0) is 17.5 Å². The lowest BCUT2D eigenvalue weighted by atomic mass is 10.1. The molecule has 23 heavy (non-hydrogen) atoms. The third-order valence-corrected chi connectivity index (χ3v) is 4.70. The minimum absolute atomic E-state index is 0.00811. The molecule has 0 aliphatic carbocycles. The average molecular weight is 335 g/mol. The number of amides is 1. The molecule has 120 valence electrons. The molecule has 1 aromatic heterocycles. The second kappa shape index (κ2) is 6.43. The molecule has 1 amide bonds. The van der Waals surface area contributed by atoms with Crippen LogP contribution in [0.3, 0.4) is 0 Å². The lowest BCUT2D eigenvalue weighted by Gasteiger charge is -2.34. The first kappa shape index (κ1) is 15.6. The third kappa shape index (κ3) is 3.08. The number of carbonyl (C=O) groups excluding carboxylic acids is 1. The zero-order chi connectivity index (χ0) is 16.4. The summed E-state index contributed by atoms with van der Waals surface area (Å²) in [7, 11) is 0. The minimum Gasteiger partial charge on any atom is -0.353 e. The van der Waals surface area contributed by atoms with Gasteiger partial charge in [0.05, 0.1) is 10.5 Å². The number of carbonyl (C=O) groups is 1. The Balaban J connectivity index is 1.95. The van der Waals surface area contributed by atoms with E-state index >= 15 is 0 Å². The normalized spacial score (nSPS) is 18.7. The van der Waals surface area contributed by atoms with Crippen LogP contribution in [0.1, 0.15) is 16.5 Å². The number of rotatable bonds is 4. The number of halogens is 1. The van der Waals surface area contributed by atoms with Crippen LogP contribution >= 0.6 is 11.3 Å². The van der Waals surface area contributed by atoms with Crippen molar-refractivity contribution in [2.24, 2.45) is 0 Å². The van der Waals surface area contributed by atoms with Crippen molar-refractivity contribution in [3.63, 3.8) is 0 Å². The number of nitro benzene ring substituents is 1. The SMILES string of the molecule is O=C1NCCN(Cc2c(F)cccc2[N+](=O)[O-])C1c1cccs1. The van der Waals surface area contributed by atoms with Gasteiger partial charge in [0, 0.05) is 30.6 Å². The van der Waals surface area contributed by atoms with Crippen molar-refractivity contribution in [2.75, 3.05) is 13.1 Å². The van der Waals surface area contributed by atoms with Gasteiger partial charge in [0.15, 0.2) is 0 Å². The van der Waals surface area contributed by atoms with Crippen molar-refractivity contribution in [3.05, 3.63) is 62.1 Å². The Kier molecular flexibility index (Phi) is 4.35. The van der Waals surface area contributed by atoms with E-state index in [1.165, 1.54) is 29.5 Å². The largest absolute Gasteiger partial charge is 0.353 e. The molecule has 1 aliphatic heterocycles. The van der Waals surface area contributed by atoms with E-state index in [1.54, 1.807) is 4.90 Å². The standard InChI is InChI=1S/C15H14FN3O3S/c16-11-3-1-4-12(19(21)22)10(11)9-18-7-6-17-15(20)14(18)13-5-2-8-23-13/h1-5,8,14H,6-7,9H2,(H,17,20). The molecule has 1 aromatic carbocycles. The van der Waals surface area contributed by atoms with Crippen molar-refractivity contribution in [1.82, 2.24) is 10.2 Å². The van der Waals surface area contributed by atoms with Crippen LogP contribution in [-0.4, -0.2) is 28.8 Å². The van der Waals surface area contributed by atoms with Gasteiger partial charge in [-0.2, -0.15) is 0 Å². The molecule has 1 N–H and O–H groups in total. The first-order valence-corrected chi connectivity index (χ1v) is 7.93. The smallest absolute Gasteiger partial charge is 0.276 e. The number of piperazine rings is 1. The molecule has 1 aliphatic rings. The maximum absolute atomic E-state index is 14.1. The second-order valence-electron chi connectivity index (χ2n) is 5.17. The number of nitrogens with one attached hydrogen (secondary N) is 1. The number of benzene rings is 1. The van der Waals surface area contributed by atoms with E-state index in [1.807, 2.05) is 17.5 Å². The number of hydrogen-bond donors (Lipinski definition) is 1. The predicted molar refractivity (Wildman–Crippen MR) is 83.5 cm³/mol. The van der Waals surface area contributed by atoms with Gasteiger partial charge in [-0.15, -0.1) is 11.3 Å². The number of nitrogens with zero attached hydrogens (tertiary/aromatic N) is 2. The van der Waals surface area contributed by atoms with Crippen LogP contribution in [0.2, 0.25) is 0 Å². The molecule has 1 saturated heterocycles. The monoisotopic (exact) mass is 335 g/mol. The molecule has 1 unspecified atom stereocenters. The lowest BCUT2D eigenvalue weighted by Crippen LogP contribution is -2.49. The van der Waals surface area contributed by atoms with Gasteiger partial charge in [0.25, 0.3) is 5.69 Å². The molecule has 1 fully saturated rings. The first-order valence-electron chi connectivity index (χ1n) is 7.05. The maximum Gasteiger partial charge on any atom is 0.276 e. The summed E-state index contributed by atoms with van der Waals surface area (Å²) in [6, 6.07) is 6.92. The Morgan fingerprint density at radius 3 is 2.91 bits per heavy atom. The van der Waals surface area contributed by atoms with Crippen LogP contribution in [0.5, 0.6) is 0 Å². The zero-order valence-electron chi connectivity index (χ0n) is 12.1. The van der Waals surface area contributed by atoms with Crippen LogP contribution in [0.25, 0.3) is 0 Å². The molecule has 8 heteroatoms. The molecule has 0 saturated carbocycles. The summed E-state index contributed by atoms with van der Waals surface area (Å²) in [6.45, 7) is 0.946. The quantitative estimate of drug-likeness (QED) is 0.688. The van der Waals surface area contributed by atoms with Gasteiger partial charge in [-0.25, -0.2) is 4.39 Å². The van der Waals surface area contributed by atoms with Crippen LogP contribution in [0.4, 0.5) is 10.1 Å². The van der Waals surface area contributed by atoms with Crippen LogP contribution in [-0.2, 0) is 11.3 Å². The van der Waals surface area contributed by atoms with E-state index in [4.69, 9.17) is 0 Å². The Hall–Kier alpha value is -2.32. The topological polar surface area (TPSA) is 75.5 Å². The van der Waals surface area contributed by atoms with Crippen LogP contribution < -0.4 is 5.32 Å². The fraction of sp³-hybridized carbons (Fsp3) is 0.267. The summed E-state index contributed by atoms with van der Waals surface area (Å²) in [5.74, 6) is -0.798. The number of nitro groups is 1. The summed E-state index contributed by atoms with van der Waals surface area (Å²) in [6.07, 6.45) is 0.